The van der Waals surface area contributed by atoms with Crippen molar-refractivity contribution in [2.45, 2.75) is 18.9 Å². The molecule has 7 heteroatoms. The van der Waals surface area contributed by atoms with Crippen molar-refractivity contribution < 1.29 is 18.3 Å². The van der Waals surface area contributed by atoms with Gasteiger partial charge in [-0.2, -0.15) is 0 Å². The zero-order valence-electron chi connectivity index (χ0n) is 11.6. The van der Waals surface area contributed by atoms with Crippen molar-refractivity contribution >= 4 is 12.4 Å². The first-order chi connectivity index (χ1) is 9.63. The Kier molecular flexibility index (Phi) is 7.45. The Labute approximate surface area is 128 Å². The molecule has 21 heavy (non-hydrogen) atoms. The lowest BCUT2D eigenvalue weighted by molar-refractivity contribution is 0.151. The van der Waals surface area contributed by atoms with Gasteiger partial charge in [0.1, 0.15) is 5.82 Å². The van der Waals surface area contributed by atoms with Crippen molar-refractivity contribution in [3.05, 3.63) is 35.1 Å². The number of aliphatic hydroxyl groups excluding tert-OH is 1. The van der Waals surface area contributed by atoms with Crippen molar-refractivity contribution in [1.29, 1.82) is 0 Å². The topological polar surface area (TPSA) is 35.5 Å². The number of benzene rings is 1. The summed E-state index contributed by atoms with van der Waals surface area (Å²) in [6.07, 6.45) is 1.01. The van der Waals surface area contributed by atoms with E-state index < -0.39 is 17.5 Å². The minimum atomic E-state index is -1.17. The Bertz CT molecular complexity index is 456. The number of hydrogen-bond donors (Lipinski definition) is 2. The molecule has 1 aromatic carbocycles. The summed E-state index contributed by atoms with van der Waals surface area (Å²) in [4.78, 5) is 2.04. The Morgan fingerprint density at radius 3 is 2.33 bits per heavy atom. The molecule has 1 aromatic rings. The molecule has 120 valence electrons. The summed E-state index contributed by atoms with van der Waals surface area (Å²) < 4.78 is 40.4. The zero-order chi connectivity index (χ0) is 14.5. The van der Waals surface area contributed by atoms with Crippen LogP contribution in [0, 0.1) is 17.5 Å². The summed E-state index contributed by atoms with van der Waals surface area (Å²) in [5.74, 6) is -2.94. The minimum Gasteiger partial charge on any atom is -0.396 e. The normalized spacial score (nSPS) is 17.3. The summed E-state index contributed by atoms with van der Waals surface area (Å²) in [6.45, 7) is 2.98. The second kappa shape index (κ2) is 8.58. The first-order valence-corrected chi connectivity index (χ1v) is 6.83. The van der Waals surface area contributed by atoms with E-state index in [4.69, 9.17) is 5.11 Å². The first kappa shape index (κ1) is 18.2. The van der Waals surface area contributed by atoms with Crippen LogP contribution in [-0.4, -0.2) is 42.8 Å². The van der Waals surface area contributed by atoms with Crippen LogP contribution in [0.15, 0.2) is 12.1 Å². The van der Waals surface area contributed by atoms with Gasteiger partial charge < -0.3 is 10.4 Å². The highest BCUT2D eigenvalue weighted by Gasteiger charge is 2.25. The van der Waals surface area contributed by atoms with E-state index in [0.717, 1.165) is 19.2 Å². The SMILES string of the molecule is Cl.OCCC[C@@H](c1cc(F)c(F)cc1F)N1CCNCC1. The Balaban J connectivity index is 0.00000220. The summed E-state index contributed by atoms with van der Waals surface area (Å²) in [5, 5.41) is 12.2. The zero-order valence-corrected chi connectivity index (χ0v) is 12.4. The fourth-order valence-electron chi connectivity index (χ4n) is 2.61. The van der Waals surface area contributed by atoms with Gasteiger partial charge in [0, 0.05) is 50.5 Å². The van der Waals surface area contributed by atoms with Crippen LogP contribution in [0.5, 0.6) is 0 Å². The smallest absolute Gasteiger partial charge is 0.161 e. The summed E-state index contributed by atoms with van der Waals surface area (Å²) in [7, 11) is 0. The van der Waals surface area contributed by atoms with Gasteiger partial charge in [-0.05, 0) is 18.9 Å². The van der Waals surface area contributed by atoms with Crippen LogP contribution in [0.2, 0.25) is 0 Å². The second-order valence-electron chi connectivity index (χ2n) is 4.96. The summed E-state index contributed by atoms with van der Waals surface area (Å²) >= 11 is 0. The predicted octanol–water partition coefficient (Wildman–Crippen LogP) is 2.24. The van der Waals surface area contributed by atoms with E-state index in [-0.39, 0.29) is 30.6 Å². The molecule has 1 saturated heterocycles. The number of nitrogens with one attached hydrogen (secondary N) is 1. The van der Waals surface area contributed by atoms with E-state index in [2.05, 4.69) is 5.32 Å². The average molecular weight is 325 g/mol. The lowest BCUT2D eigenvalue weighted by Gasteiger charge is -2.35. The van der Waals surface area contributed by atoms with Gasteiger partial charge in [-0.3, -0.25) is 4.90 Å². The monoisotopic (exact) mass is 324 g/mol. The number of hydrogen-bond acceptors (Lipinski definition) is 3. The molecule has 1 heterocycles. The predicted molar refractivity (Wildman–Crippen MR) is 77.1 cm³/mol. The number of halogens is 4. The van der Waals surface area contributed by atoms with Gasteiger partial charge in [-0.25, -0.2) is 13.2 Å². The van der Waals surface area contributed by atoms with Crippen LogP contribution in [-0.2, 0) is 0 Å². The Morgan fingerprint density at radius 2 is 1.71 bits per heavy atom. The van der Waals surface area contributed by atoms with Gasteiger partial charge in [0.15, 0.2) is 11.6 Å². The van der Waals surface area contributed by atoms with Crippen molar-refractivity contribution in [2.75, 3.05) is 32.8 Å². The number of aliphatic hydroxyl groups is 1. The molecule has 1 aliphatic rings. The molecule has 1 fully saturated rings. The lowest BCUT2D eigenvalue weighted by atomic mass is 9.98. The van der Waals surface area contributed by atoms with Crippen molar-refractivity contribution in [3.63, 3.8) is 0 Å². The van der Waals surface area contributed by atoms with Crippen LogP contribution in [0.3, 0.4) is 0 Å². The molecular weight excluding hydrogens is 305 g/mol. The summed E-state index contributed by atoms with van der Waals surface area (Å²) in [5.41, 5.74) is 0.166. The molecule has 0 amide bonds. The van der Waals surface area contributed by atoms with Crippen molar-refractivity contribution in [2.24, 2.45) is 0 Å². The maximum Gasteiger partial charge on any atom is 0.161 e. The summed E-state index contributed by atoms with van der Waals surface area (Å²) in [6, 6.07) is 1.20. The third kappa shape index (κ3) is 4.57. The van der Waals surface area contributed by atoms with E-state index >= 15 is 0 Å². The highest BCUT2D eigenvalue weighted by Crippen LogP contribution is 2.29. The average Bonchev–Trinajstić information content (AvgIpc) is 2.45. The van der Waals surface area contributed by atoms with E-state index in [1.165, 1.54) is 0 Å². The van der Waals surface area contributed by atoms with Crippen LogP contribution in [0.4, 0.5) is 13.2 Å². The van der Waals surface area contributed by atoms with Gasteiger partial charge in [-0.15, -0.1) is 12.4 Å². The van der Waals surface area contributed by atoms with Gasteiger partial charge in [0.2, 0.25) is 0 Å². The molecule has 2 rings (SSSR count). The fraction of sp³-hybridized carbons (Fsp3) is 0.571. The van der Waals surface area contributed by atoms with E-state index in [1.807, 2.05) is 4.90 Å². The maximum absolute atomic E-state index is 14.0. The van der Waals surface area contributed by atoms with Crippen molar-refractivity contribution in [1.82, 2.24) is 10.2 Å². The Hall–Kier alpha value is -0.820. The highest BCUT2D eigenvalue weighted by atomic mass is 35.5. The largest absolute Gasteiger partial charge is 0.396 e. The van der Waals surface area contributed by atoms with Gasteiger partial charge in [0.05, 0.1) is 0 Å². The molecule has 0 saturated carbocycles. The third-order valence-corrected chi connectivity index (χ3v) is 3.63. The van der Waals surface area contributed by atoms with Crippen LogP contribution < -0.4 is 5.32 Å². The van der Waals surface area contributed by atoms with Gasteiger partial charge in [0.25, 0.3) is 0 Å². The molecular formula is C14H20ClF3N2O. The first-order valence-electron chi connectivity index (χ1n) is 6.83. The van der Waals surface area contributed by atoms with E-state index in [1.54, 1.807) is 0 Å². The number of rotatable bonds is 5. The molecule has 0 radical (unpaired) electrons. The molecule has 1 aliphatic heterocycles. The van der Waals surface area contributed by atoms with Crippen LogP contribution in [0.25, 0.3) is 0 Å². The number of piperazine rings is 1. The van der Waals surface area contributed by atoms with Crippen LogP contribution >= 0.6 is 12.4 Å². The van der Waals surface area contributed by atoms with E-state index in [9.17, 15) is 13.2 Å². The lowest BCUT2D eigenvalue weighted by Crippen LogP contribution is -2.45. The standard InChI is InChI=1S/C14H19F3N2O.ClH/c15-11-9-13(17)12(16)8-10(11)14(2-1-7-20)19-5-3-18-4-6-19;/h8-9,14,18,20H,1-7H2;1H/t14-;/m0./s1. The molecule has 3 nitrogen and oxygen atoms in total. The van der Waals surface area contributed by atoms with Gasteiger partial charge >= 0.3 is 0 Å². The quantitative estimate of drug-likeness (QED) is 0.816. The minimum absolute atomic E-state index is 0. The van der Waals surface area contributed by atoms with Crippen molar-refractivity contribution in [3.8, 4) is 0 Å². The van der Waals surface area contributed by atoms with Gasteiger partial charge in [-0.1, -0.05) is 0 Å². The molecule has 0 bridgehead atoms. The van der Waals surface area contributed by atoms with Crippen LogP contribution in [0.1, 0.15) is 24.4 Å². The second-order valence-corrected chi connectivity index (χ2v) is 4.96. The molecule has 1 atom stereocenters. The molecule has 0 aromatic heterocycles. The fourth-order valence-corrected chi connectivity index (χ4v) is 2.61. The highest BCUT2D eigenvalue weighted by molar-refractivity contribution is 5.85. The molecule has 0 unspecified atom stereocenters. The number of nitrogens with zero attached hydrogens (tertiary/aromatic N) is 1. The molecule has 2 N–H and O–H groups in total. The Morgan fingerprint density at radius 1 is 1.10 bits per heavy atom. The van der Waals surface area contributed by atoms with E-state index in [0.29, 0.717) is 32.0 Å². The molecule has 0 aliphatic carbocycles. The maximum atomic E-state index is 14.0. The molecule has 0 spiro atoms. The third-order valence-electron chi connectivity index (χ3n) is 3.63.